The molecule has 1 aromatic carbocycles. The molecule has 0 fully saturated rings. The lowest BCUT2D eigenvalue weighted by Crippen LogP contribution is -2.29. The number of anilines is 1. The Morgan fingerprint density at radius 2 is 1.97 bits per heavy atom. The lowest BCUT2D eigenvalue weighted by molar-refractivity contribution is 0.0933. The third-order valence-corrected chi connectivity index (χ3v) is 5.28. The van der Waals surface area contributed by atoms with Crippen molar-refractivity contribution in [2.75, 3.05) is 19.4 Å². The summed E-state index contributed by atoms with van der Waals surface area (Å²) < 4.78 is 1.53. The molecule has 3 aromatic rings. The number of hydrogen-bond acceptors (Lipinski definition) is 4. The average molecular weight is 438 g/mol. The number of amides is 1. The number of nitrogens with one attached hydrogen (secondary N) is 1. The van der Waals surface area contributed by atoms with Crippen LogP contribution >= 0.6 is 11.6 Å². The molecule has 0 saturated heterocycles. The fraction of sp³-hybridized carbons (Fsp3) is 0.304. The van der Waals surface area contributed by atoms with Gasteiger partial charge in [-0.15, -0.1) is 0 Å². The minimum absolute atomic E-state index is 0.281. The Bertz CT molecular complexity index is 1220. The molecule has 31 heavy (non-hydrogen) atoms. The van der Waals surface area contributed by atoms with Gasteiger partial charge in [-0.2, -0.15) is 5.10 Å². The number of pyridine rings is 1. The van der Waals surface area contributed by atoms with Crippen molar-refractivity contribution in [2.45, 2.75) is 32.9 Å². The summed E-state index contributed by atoms with van der Waals surface area (Å²) in [4.78, 5) is 31.6. The molecule has 1 amide bonds. The van der Waals surface area contributed by atoms with E-state index in [-0.39, 0.29) is 11.7 Å². The van der Waals surface area contributed by atoms with Crippen LogP contribution in [0.2, 0.25) is 5.02 Å². The van der Waals surface area contributed by atoms with Crippen LogP contribution in [-0.2, 0) is 6.54 Å². The van der Waals surface area contributed by atoms with E-state index in [0.717, 1.165) is 5.56 Å². The third-order valence-electron chi connectivity index (χ3n) is 4.95. The maximum atomic E-state index is 13.1. The predicted molar refractivity (Wildman–Crippen MR) is 122 cm³/mol. The van der Waals surface area contributed by atoms with Gasteiger partial charge < -0.3 is 15.1 Å². The number of carbonyl (C=O) groups is 2. The molecule has 0 saturated carbocycles. The highest BCUT2D eigenvalue weighted by Gasteiger charge is 2.36. The van der Waals surface area contributed by atoms with Crippen molar-refractivity contribution in [2.24, 2.45) is 0 Å². The molecular weight excluding hydrogens is 414 g/mol. The van der Waals surface area contributed by atoms with Gasteiger partial charge in [0.05, 0.1) is 27.5 Å². The number of aryl methyl sites for hydroxylation is 1. The molecule has 8 heteroatoms. The first-order valence-corrected chi connectivity index (χ1v) is 10.1. The van der Waals surface area contributed by atoms with E-state index >= 15 is 0 Å². The van der Waals surface area contributed by atoms with Crippen LogP contribution in [0.4, 0.5) is 5.69 Å². The average Bonchev–Trinajstić information content (AvgIpc) is 3.02. The zero-order chi connectivity index (χ0) is 22.9. The first-order chi connectivity index (χ1) is 14.5. The third kappa shape index (κ3) is 4.46. The van der Waals surface area contributed by atoms with E-state index in [1.165, 1.54) is 4.52 Å². The second kappa shape index (κ2) is 8.50. The first-order valence-electron chi connectivity index (χ1n) is 9.71. The van der Waals surface area contributed by atoms with Crippen LogP contribution in [0.3, 0.4) is 0 Å². The van der Waals surface area contributed by atoms with Crippen LogP contribution in [0.25, 0.3) is 10.4 Å². The summed E-state index contributed by atoms with van der Waals surface area (Å²) in [6.07, 6.45) is 1.61. The zero-order valence-corrected chi connectivity index (χ0v) is 18.9. The summed E-state index contributed by atoms with van der Waals surface area (Å²) in [5.41, 5.74) is 1.97. The molecule has 0 unspecified atom stereocenters. The fourth-order valence-corrected chi connectivity index (χ4v) is 3.52. The lowest BCUT2D eigenvalue weighted by Gasteiger charge is -2.17. The van der Waals surface area contributed by atoms with Crippen molar-refractivity contribution in [1.29, 1.82) is 0 Å². The van der Waals surface area contributed by atoms with E-state index in [1.54, 1.807) is 57.3 Å². The fourth-order valence-electron chi connectivity index (χ4n) is 3.33. The molecule has 0 radical (unpaired) electrons. The number of hydrogen-bond donors (Lipinski definition) is 1. The Labute approximate surface area is 186 Å². The standard InChI is InChI=1S/C23H24ClN5O2/c1-14-20(22(31)26-18-10-8-7-9-17(18)24)19-11-15(12-28(5)6)16(13-29(19)27-14)21(30)23(2,3)25-4/h7-11,13H,12H2,1-3,5-6H3,(H,26,31). The molecule has 7 nitrogen and oxygen atoms in total. The van der Waals surface area contributed by atoms with Crippen LogP contribution in [0.5, 0.6) is 0 Å². The lowest BCUT2D eigenvalue weighted by atomic mass is 9.91. The number of para-hydroxylation sites is 1. The van der Waals surface area contributed by atoms with Gasteiger partial charge in [-0.25, -0.2) is 11.1 Å². The Morgan fingerprint density at radius 1 is 1.29 bits per heavy atom. The number of carbonyl (C=O) groups excluding carboxylic acids is 2. The van der Waals surface area contributed by atoms with Gasteiger partial charge in [0, 0.05) is 32.2 Å². The first kappa shape index (κ1) is 22.5. The smallest absolute Gasteiger partial charge is 0.288 e. The largest absolute Gasteiger partial charge is 0.321 e. The van der Waals surface area contributed by atoms with Crippen molar-refractivity contribution in [3.63, 3.8) is 0 Å². The van der Waals surface area contributed by atoms with E-state index in [1.807, 2.05) is 19.0 Å². The second-order valence-corrected chi connectivity index (χ2v) is 8.58. The summed E-state index contributed by atoms with van der Waals surface area (Å²) in [5.74, 6) is -0.617. The summed E-state index contributed by atoms with van der Waals surface area (Å²) in [6, 6.07) is 8.80. The Kier molecular flexibility index (Phi) is 6.16. The van der Waals surface area contributed by atoms with E-state index in [4.69, 9.17) is 18.2 Å². The van der Waals surface area contributed by atoms with Gasteiger partial charge in [0.2, 0.25) is 5.78 Å². The number of fused-ring (bicyclic) bond motifs is 1. The van der Waals surface area contributed by atoms with E-state index in [2.05, 4.69) is 15.3 Å². The molecule has 0 aliphatic carbocycles. The predicted octanol–water partition coefficient (Wildman–Crippen LogP) is 4.49. The number of benzene rings is 1. The van der Waals surface area contributed by atoms with E-state index in [0.29, 0.717) is 39.6 Å². The molecule has 0 aliphatic rings. The Morgan fingerprint density at radius 3 is 2.58 bits per heavy atom. The van der Waals surface area contributed by atoms with E-state index < -0.39 is 5.54 Å². The van der Waals surface area contributed by atoms with E-state index in [9.17, 15) is 9.59 Å². The van der Waals surface area contributed by atoms with Gasteiger partial charge in [-0.05, 0) is 44.8 Å². The highest BCUT2D eigenvalue weighted by molar-refractivity contribution is 6.34. The summed E-state index contributed by atoms with van der Waals surface area (Å²) in [7, 11) is 3.79. The van der Waals surface area contributed by atoms with Crippen LogP contribution in [0, 0.1) is 13.5 Å². The summed E-state index contributed by atoms with van der Waals surface area (Å²) in [6.45, 7) is 12.8. The number of rotatable bonds is 6. The van der Waals surface area contributed by atoms with Crippen LogP contribution in [0.1, 0.15) is 45.8 Å². The second-order valence-electron chi connectivity index (χ2n) is 8.17. The summed E-state index contributed by atoms with van der Waals surface area (Å²) in [5, 5.41) is 7.72. The maximum absolute atomic E-state index is 13.1. The van der Waals surface area contributed by atoms with Crippen molar-refractivity contribution < 1.29 is 9.59 Å². The van der Waals surface area contributed by atoms with Crippen LogP contribution in [0.15, 0.2) is 36.5 Å². The molecule has 0 atom stereocenters. The number of Topliss-reactive ketones (excluding diaryl/α,β-unsaturated/α-hetero) is 1. The monoisotopic (exact) mass is 437 g/mol. The van der Waals surface area contributed by atoms with Crippen molar-refractivity contribution >= 4 is 34.5 Å². The molecule has 0 aliphatic heterocycles. The molecule has 2 heterocycles. The zero-order valence-electron chi connectivity index (χ0n) is 18.2. The van der Waals surface area contributed by atoms with Crippen LogP contribution in [-0.4, -0.2) is 45.8 Å². The molecule has 3 rings (SSSR count). The van der Waals surface area contributed by atoms with Gasteiger partial charge in [0.25, 0.3) is 11.4 Å². The van der Waals surface area contributed by atoms with Gasteiger partial charge in [-0.3, -0.25) is 9.59 Å². The highest BCUT2D eigenvalue weighted by atomic mass is 35.5. The van der Waals surface area contributed by atoms with Gasteiger partial charge in [0.1, 0.15) is 0 Å². The molecule has 0 spiro atoms. The van der Waals surface area contributed by atoms with Gasteiger partial charge >= 0.3 is 0 Å². The number of aromatic nitrogens is 2. The molecule has 1 N–H and O–H groups in total. The number of nitrogens with zero attached hydrogens (tertiary/aromatic N) is 4. The summed E-state index contributed by atoms with van der Waals surface area (Å²) >= 11 is 6.18. The quantitative estimate of drug-likeness (QED) is 0.455. The Hall–Kier alpha value is -3.21. The maximum Gasteiger partial charge on any atom is 0.288 e. The van der Waals surface area contributed by atoms with Crippen molar-refractivity contribution in [1.82, 2.24) is 14.5 Å². The van der Waals surface area contributed by atoms with Crippen molar-refractivity contribution in [3.05, 3.63) is 75.4 Å². The number of ketones is 1. The molecular formula is C23H24ClN5O2. The van der Waals surface area contributed by atoms with Crippen molar-refractivity contribution in [3.8, 4) is 0 Å². The normalized spacial score (nSPS) is 11.5. The van der Waals surface area contributed by atoms with Gasteiger partial charge in [0.15, 0.2) is 0 Å². The van der Waals surface area contributed by atoms with Crippen LogP contribution < -0.4 is 5.32 Å². The highest BCUT2D eigenvalue weighted by Crippen LogP contribution is 2.27. The Balaban J connectivity index is 2.14. The topological polar surface area (TPSA) is 71.1 Å². The SMILES string of the molecule is [C-]#[N+]C(C)(C)C(=O)c1cn2nc(C)c(C(=O)Nc3ccccc3Cl)c2cc1CN(C)C. The molecule has 160 valence electrons. The molecule has 2 aromatic heterocycles. The minimum Gasteiger partial charge on any atom is -0.321 e. The molecule has 0 bridgehead atoms. The minimum atomic E-state index is -1.19. The van der Waals surface area contributed by atoms with Gasteiger partial charge in [-0.1, -0.05) is 23.7 Å². The number of halogens is 1.